The number of nitrogens with zero attached hydrogens (tertiary/aromatic N) is 2. The zero-order chi connectivity index (χ0) is 17.4. The molecule has 5 nitrogen and oxygen atoms in total. The van der Waals surface area contributed by atoms with Gasteiger partial charge in [-0.3, -0.25) is 9.59 Å². The largest absolute Gasteiger partial charge is 0.374 e. The maximum absolute atomic E-state index is 13.4. The second-order valence-corrected chi connectivity index (χ2v) is 7.16. The van der Waals surface area contributed by atoms with E-state index in [2.05, 4.69) is 0 Å². The van der Waals surface area contributed by atoms with Crippen LogP contribution in [0.1, 0.15) is 31.2 Å². The number of carbonyl (C=O) groups is 2. The van der Waals surface area contributed by atoms with Gasteiger partial charge in [-0.15, -0.1) is 0 Å². The minimum absolute atomic E-state index is 0.0137. The number of rotatable bonds is 3. The van der Waals surface area contributed by atoms with Gasteiger partial charge in [0.2, 0.25) is 11.8 Å². The first-order valence-corrected chi connectivity index (χ1v) is 9.08. The van der Waals surface area contributed by atoms with E-state index in [0.29, 0.717) is 25.1 Å². The van der Waals surface area contributed by atoms with E-state index < -0.39 is 0 Å². The summed E-state index contributed by atoms with van der Waals surface area (Å²) in [4.78, 5) is 28.8. The Hall–Kier alpha value is -1.95. The summed E-state index contributed by atoms with van der Waals surface area (Å²) in [5.74, 6) is -0.177. The molecule has 0 spiro atoms. The molecule has 0 aliphatic carbocycles. The van der Waals surface area contributed by atoms with Gasteiger partial charge >= 0.3 is 0 Å². The second kappa shape index (κ2) is 6.75. The van der Waals surface area contributed by atoms with Crippen LogP contribution in [0.4, 0.5) is 4.39 Å². The van der Waals surface area contributed by atoms with E-state index in [-0.39, 0.29) is 42.2 Å². The maximum Gasteiger partial charge on any atom is 0.227 e. The number of benzene rings is 1. The highest BCUT2D eigenvalue weighted by Crippen LogP contribution is 2.33. The normalized spacial score (nSPS) is 29.2. The smallest absolute Gasteiger partial charge is 0.227 e. The first-order chi connectivity index (χ1) is 12.1. The van der Waals surface area contributed by atoms with E-state index in [1.165, 1.54) is 12.1 Å². The first-order valence-electron chi connectivity index (χ1n) is 9.08. The lowest BCUT2D eigenvalue weighted by molar-refractivity contribution is -0.134. The molecule has 0 N–H and O–H groups in total. The summed E-state index contributed by atoms with van der Waals surface area (Å²) in [6, 6.07) is 6.16. The van der Waals surface area contributed by atoms with Crippen LogP contribution in [0.3, 0.4) is 0 Å². The van der Waals surface area contributed by atoms with Crippen molar-refractivity contribution in [2.24, 2.45) is 0 Å². The summed E-state index contributed by atoms with van der Waals surface area (Å²) in [5, 5.41) is 0. The number of hydrogen-bond acceptors (Lipinski definition) is 3. The van der Waals surface area contributed by atoms with E-state index in [0.717, 1.165) is 25.8 Å². The van der Waals surface area contributed by atoms with Gasteiger partial charge in [0.15, 0.2) is 0 Å². The average Bonchev–Trinajstić information content (AvgIpc) is 3.18. The van der Waals surface area contributed by atoms with Crippen molar-refractivity contribution in [2.45, 2.75) is 50.3 Å². The minimum atomic E-state index is -0.328. The van der Waals surface area contributed by atoms with Crippen LogP contribution >= 0.6 is 0 Å². The second-order valence-electron chi connectivity index (χ2n) is 7.16. The lowest BCUT2D eigenvalue weighted by Crippen LogP contribution is -2.48. The molecule has 25 heavy (non-hydrogen) atoms. The Kier molecular flexibility index (Phi) is 4.46. The van der Waals surface area contributed by atoms with Crippen molar-refractivity contribution in [3.05, 3.63) is 35.6 Å². The van der Waals surface area contributed by atoms with Gasteiger partial charge in [0, 0.05) is 26.1 Å². The molecule has 3 saturated heterocycles. The highest BCUT2D eigenvalue weighted by atomic mass is 19.1. The maximum atomic E-state index is 13.4. The zero-order valence-electron chi connectivity index (χ0n) is 14.2. The number of fused-ring (bicyclic) bond motifs is 1. The summed E-state index contributed by atoms with van der Waals surface area (Å²) in [7, 11) is 0. The molecular formula is C19H23FN2O3. The average molecular weight is 346 g/mol. The first kappa shape index (κ1) is 16.5. The number of amides is 2. The SMILES string of the molecule is O=C1CCCN1[C@H]1CN(C(=O)Cc2cccc(F)c2)[C@H]2CCCO[C@@H]12. The van der Waals surface area contributed by atoms with Crippen molar-refractivity contribution >= 4 is 11.8 Å². The molecule has 1 aromatic rings. The van der Waals surface area contributed by atoms with Crippen LogP contribution in [-0.4, -0.2) is 59.5 Å². The topological polar surface area (TPSA) is 49.9 Å². The van der Waals surface area contributed by atoms with E-state index in [1.807, 2.05) is 9.80 Å². The van der Waals surface area contributed by atoms with Crippen molar-refractivity contribution < 1.29 is 18.7 Å². The van der Waals surface area contributed by atoms with Gasteiger partial charge in [0.05, 0.1) is 24.6 Å². The zero-order valence-corrected chi connectivity index (χ0v) is 14.2. The van der Waals surface area contributed by atoms with Crippen LogP contribution in [0.2, 0.25) is 0 Å². The van der Waals surface area contributed by atoms with E-state index >= 15 is 0 Å². The molecular weight excluding hydrogens is 323 g/mol. The van der Waals surface area contributed by atoms with Gasteiger partial charge in [0.1, 0.15) is 5.82 Å². The molecule has 134 valence electrons. The summed E-state index contributed by atoms with van der Waals surface area (Å²) in [5.41, 5.74) is 0.680. The molecule has 0 aromatic heterocycles. The molecule has 1 aromatic carbocycles. The van der Waals surface area contributed by atoms with Gasteiger partial charge in [0.25, 0.3) is 0 Å². The third-order valence-corrected chi connectivity index (χ3v) is 5.57. The summed E-state index contributed by atoms with van der Waals surface area (Å²) < 4.78 is 19.4. The highest BCUT2D eigenvalue weighted by molar-refractivity contribution is 5.81. The van der Waals surface area contributed by atoms with Crippen LogP contribution in [0.25, 0.3) is 0 Å². The fourth-order valence-electron chi connectivity index (χ4n) is 4.43. The fraction of sp³-hybridized carbons (Fsp3) is 0.579. The Labute approximate surface area is 146 Å². The predicted molar refractivity (Wildman–Crippen MR) is 89.3 cm³/mol. The predicted octanol–water partition coefficient (Wildman–Crippen LogP) is 1.75. The molecule has 0 saturated carbocycles. The highest BCUT2D eigenvalue weighted by Gasteiger charge is 2.49. The Bertz CT molecular complexity index is 680. The van der Waals surface area contributed by atoms with Gasteiger partial charge in [-0.25, -0.2) is 4.39 Å². The number of ether oxygens (including phenoxy) is 1. The van der Waals surface area contributed by atoms with E-state index in [1.54, 1.807) is 12.1 Å². The van der Waals surface area contributed by atoms with E-state index in [4.69, 9.17) is 4.74 Å². The fourth-order valence-corrected chi connectivity index (χ4v) is 4.43. The molecule has 0 radical (unpaired) electrons. The molecule has 6 heteroatoms. The number of likely N-dealkylation sites (tertiary alicyclic amines) is 2. The molecule has 0 bridgehead atoms. The molecule has 3 aliphatic rings. The van der Waals surface area contributed by atoms with Crippen LogP contribution in [0, 0.1) is 5.82 Å². The van der Waals surface area contributed by atoms with Crippen LogP contribution in [0.15, 0.2) is 24.3 Å². The van der Waals surface area contributed by atoms with Crippen LogP contribution in [0.5, 0.6) is 0 Å². The van der Waals surface area contributed by atoms with Crippen molar-refractivity contribution in [1.82, 2.24) is 9.80 Å². The molecule has 4 rings (SSSR count). The standard InChI is InChI=1S/C19H23FN2O3/c20-14-5-1-4-13(10-14)11-18(24)22-12-16(21-8-2-7-17(21)23)19-15(22)6-3-9-25-19/h1,4-5,10,15-16,19H,2-3,6-9,11-12H2/t15-,16-,19+/m0/s1. The Balaban J connectivity index is 1.52. The monoisotopic (exact) mass is 346 g/mol. The molecule has 3 heterocycles. The Morgan fingerprint density at radius 2 is 2.16 bits per heavy atom. The summed E-state index contributed by atoms with van der Waals surface area (Å²) >= 11 is 0. The quantitative estimate of drug-likeness (QED) is 0.838. The van der Waals surface area contributed by atoms with Gasteiger partial charge in [-0.1, -0.05) is 12.1 Å². The Morgan fingerprint density at radius 3 is 2.92 bits per heavy atom. The van der Waals surface area contributed by atoms with Gasteiger partial charge in [-0.2, -0.15) is 0 Å². The summed E-state index contributed by atoms with van der Waals surface area (Å²) in [6.07, 6.45) is 3.38. The Morgan fingerprint density at radius 1 is 1.28 bits per heavy atom. The van der Waals surface area contributed by atoms with Crippen molar-refractivity contribution in [3.63, 3.8) is 0 Å². The number of carbonyl (C=O) groups excluding carboxylic acids is 2. The third-order valence-electron chi connectivity index (χ3n) is 5.57. The lowest BCUT2D eigenvalue weighted by atomic mass is 10.00. The molecule has 2 amide bonds. The minimum Gasteiger partial charge on any atom is -0.374 e. The lowest BCUT2D eigenvalue weighted by Gasteiger charge is -2.34. The molecule has 3 aliphatic heterocycles. The summed E-state index contributed by atoms with van der Waals surface area (Å²) in [6.45, 7) is 1.96. The van der Waals surface area contributed by atoms with Crippen molar-refractivity contribution in [2.75, 3.05) is 19.7 Å². The van der Waals surface area contributed by atoms with Crippen molar-refractivity contribution in [3.8, 4) is 0 Å². The third kappa shape index (κ3) is 3.15. The molecule has 0 unspecified atom stereocenters. The van der Waals surface area contributed by atoms with Gasteiger partial charge < -0.3 is 14.5 Å². The van der Waals surface area contributed by atoms with Gasteiger partial charge in [-0.05, 0) is 37.0 Å². The van der Waals surface area contributed by atoms with Crippen LogP contribution in [-0.2, 0) is 20.7 Å². The number of halogens is 1. The molecule has 3 fully saturated rings. The molecule has 3 atom stereocenters. The number of hydrogen-bond donors (Lipinski definition) is 0. The van der Waals surface area contributed by atoms with E-state index in [9.17, 15) is 14.0 Å². The van der Waals surface area contributed by atoms with Crippen LogP contribution < -0.4 is 0 Å². The van der Waals surface area contributed by atoms with Crippen molar-refractivity contribution in [1.29, 1.82) is 0 Å².